The van der Waals surface area contributed by atoms with Crippen molar-refractivity contribution >= 4 is 45.8 Å². The summed E-state index contributed by atoms with van der Waals surface area (Å²) in [6.45, 7) is 3.14. The summed E-state index contributed by atoms with van der Waals surface area (Å²) in [6.07, 6.45) is 3.32. The molecule has 0 spiro atoms. The van der Waals surface area contributed by atoms with Gasteiger partial charge in [0.2, 0.25) is 0 Å². The predicted molar refractivity (Wildman–Crippen MR) is 151 cm³/mol. The van der Waals surface area contributed by atoms with Gasteiger partial charge in [0.05, 0.1) is 30.6 Å². The molecule has 11 heteroatoms. The molecule has 4 heterocycles. The molecule has 196 valence electrons. The van der Waals surface area contributed by atoms with E-state index in [0.29, 0.717) is 23.1 Å². The first-order chi connectivity index (χ1) is 19.2. The molecular formula is C28H27N9O2. The minimum absolute atomic E-state index is 0.160. The summed E-state index contributed by atoms with van der Waals surface area (Å²) >= 11 is 0. The highest BCUT2D eigenvalue weighted by molar-refractivity contribution is 6.00. The Kier molecular flexibility index (Phi) is 6.71. The number of nitrogens with zero attached hydrogens (tertiary/aromatic N) is 5. The van der Waals surface area contributed by atoms with Crippen molar-refractivity contribution in [2.45, 2.75) is 0 Å². The van der Waals surface area contributed by atoms with Gasteiger partial charge in [-0.15, -0.1) is 0 Å². The molecule has 0 atom stereocenters. The number of morpholine rings is 1. The normalized spacial score (nSPS) is 13.3. The van der Waals surface area contributed by atoms with Gasteiger partial charge in [-0.05, 0) is 42.5 Å². The highest BCUT2D eigenvalue weighted by Gasteiger charge is 2.22. The summed E-state index contributed by atoms with van der Waals surface area (Å²) in [6, 6.07) is 19.3. The average molecular weight is 522 g/mol. The number of imidazole rings is 1. The standard InChI is InChI=1S/C28H27N9O2/c1-29-28(38)25-27(33-18-8-10-19(11-9-18)37-13-15-39-16-14-37)36-26(34-22-7-2-3-12-30-22)24(35-25)20-5-4-6-21-23(20)32-17-31-21/h2-12,17H,13-16H2,1H3,(H,29,38)(H,31,32)(H2,30,33,34,36). The number of carbonyl (C=O) groups excluding carboxylic acids is 1. The van der Waals surface area contributed by atoms with Gasteiger partial charge < -0.3 is 30.6 Å². The largest absolute Gasteiger partial charge is 0.378 e. The fourth-order valence-corrected chi connectivity index (χ4v) is 4.51. The van der Waals surface area contributed by atoms with Crippen molar-refractivity contribution in [3.8, 4) is 11.3 Å². The number of H-pyrrole nitrogens is 1. The summed E-state index contributed by atoms with van der Waals surface area (Å²) in [7, 11) is 1.57. The van der Waals surface area contributed by atoms with Crippen LogP contribution >= 0.6 is 0 Å². The van der Waals surface area contributed by atoms with Crippen molar-refractivity contribution in [2.75, 3.05) is 48.9 Å². The first-order valence-electron chi connectivity index (χ1n) is 12.6. The Balaban J connectivity index is 1.43. The maximum atomic E-state index is 13.0. The lowest BCUT2D eigenvalue weighted by Gasteiger charge is -2.29. The number of amides is 1. The second kappa shape index (κ2) is 10.8. The molecule has 0 bridgehead atoms. The minimum Gasteiger partial charge on any atom is -0.378 e. The van der Waals surface area contributed by atoms with E-state index in [1.165, 1.54) is 0 Å². The van der Waals surface area contributed by atoms with Gasteiger partial charge in [0.15, 0.2) is 17.3 Å². The third-order valence-electron chi connectivity index (χ3n) is 6.47. The van der Waals surface area contributed by atoms with E-state index in [1.54, 1.807) is 19.6 Å². The molecule has 0 saturated carbocycles. The molecule has 6 rings (SSSR count). The number of rotatable bonds is 7. The monoisotopic (exact) mass is 521 g/mol. The van der Waals surface area contributed by atoms with Gasteiger partial charge in [0, 0.05) is 43.3 Å². The Bertz CT molecular complexity index is 1600. The summed E-state index contributed by atoms with van der Waals surface area (Å²) in [5, 5.41) is 9.26. The lowest BCUT2D eigenvalue weighted by Crippen LogP contribution is -2.36. The maximum absolute atomic E-state index is 13.0. The number of pyridine rings is 1. The first-order valence-corrected chi connectivity index (χ1v) is 12.6. The van der Waals surface area contributed by atoms with Crippen LogP contribution in [0, 0.1) is 0 Å². The van der Waals surface area contributed by atoms with Gasteiger partial charge in [0.25, 0.3) is 5.91 Å². The van der Waals surface area contributed by atoms with E-state index in [-0.39, 0.29) is 11.6 Å². The van der Waals surface area contributed by atoms with Crippen LogP contribution in [0.2, 0.25) is 0 Å². The number of para-hydroxylation sites is 1. The van der Waals surface area contributed by atoms with E-state index in [1.807, 2.05) is 60.7 Å². The zero-order chi connectivity index (χ0) is 26.6. The van der Waals surface area contributed by atoms with Gasteiger partial charge in [0.1, 0.15) is 11.5 Å². The molecule has 39 heavy (non-hydrogen) atoms. The Labute approximate surface area is 224 Å². The van der Waals surface area contributed by atoms with Gasteiger partial charge in [-0.3, -0.25) is 4.79 Å². The molecule has 1 fully saturated rings. The molecule has 4 N–H and O–H groups in total. The first kappa shape index (κ1) is 24.3. The van der Waals surface area contributed by atoms with Crippen LogP contribution in [0.4, 0.5) is 28.8 Å². The summed E-state index contributed by atoms with van der Waals surface area (Å²) in [4.78, 5) is 36.9. The second-order valence-corrected chi connectivity index (χ2v) is 8.91. The lowest BCUT2D eigenvalue weighted by atomic mass is 10.1. The molecule has 0 aliphatic carbocycles. The fourth-order valence-electron chi connectivity index (χ4n) is 4.51. The van der Waals surface area contributed by atoms with Crippen LogP contribution in [-0.2, 0) is 4.74 Å². The zero-order valence-electron chi connectivity index (χ0n) is 21.3. The molecule has 0 radical (unpaired) electrons. The van der Waals surface area contributed by atoms with Gasteiger partial charge in [-0.25, -0.2) is 19.9 Å². The van der Waals surface area contributed by atoms with Crippen molar-refractivity contribution < 1.29 is 9.53 Å². The molecule has 1 aliphatic rings. The molecule has 2 aromatic carbocycles. The number of anilines is 5. The predicted octanol–water partition coefficient (Wildman–Crippen LogP) is 4.10. The topological polar surface area (TPSA) is 133 Å². The number of aromatic amines is 1. The SMILES string of the molecule is CNC(=O)c1nc(-c2cccc3nc[nH]c23)c(Nc2ccccn2)nc1Nc1ccc(N2CCOCC2)cc1. The Morgan fingerprint density at radius 2 is 1.77 bits per heavy atom. The van der Waals surface area contributed by atoms with E-state index in [9.17, 15) is 4.79 Å². The van der Waals surface area contributed by atoms with Crippen molar-refractivity contribution in [3.05, 3.63) is 78.9 Å². The van der Waals surface area contributed by atoms with Crippen molar-refractivity contribution in [3.63, 3.8) is 0 Å². The molecule has 11 nitrogen and oxygen atoms in total. The number of fused-ring (bicyclic) bond motifs is 1. The maximum Gasteiger partial charge on any atom is 0.273 e. The molecule has 3 aromatic heterocycles. The number of carbonyl (C=O) groups is 1. The van der Waals surface area contributed by atoms with Crippen LogP contribution in [0.5, 0.6) is 0 Å². The minimum atomic E-state index is -0.364. The van der Waals surface area contributed by atoms with Crippen molar-refractivity contribution in [1.82, 2.24) is 30.2 Å². The summed E-state index contributed by atoms with van der Waals surface area (Å²) < 4.78 is 5.46. The average Bonchev–Trinajstić information content (AvgIpc) is 3.48. The number of benzene rings is 2. The van der Waals surface area contributed by atoms with Crippen LogP contribution in [0.15, 0.2) is 73.2 Å². The molecule has 5 aromatic rings. The zero-order valence-corrected chi connectivity index (χ0v) is 21.3. The number of ether oxygens (including phenoxy) is 1. The van der Waals surface area contributed by atoms with Crippen LogP contribution < -0.4 is 20.9 Å². The van der Waals surface area contributed by atoms with Crippen molar-refractivity contribution in [2.24, 2.45) is 0 Å². The van der Waals surface area contributed by atoms with E-state index in [2.05, 4.69) is 35.8 Å². The Hall–Kier alpha value is -5.03. The molecule has 1 amide bonds. The van der Waals surface area contributed by atoms with Crippen LogP contribution in [-0.4, -0.2) is 64.2 Å². The third kappa shape index (κ3) is 5.07. The number of aromatic nitrogens is 5. The van der Waals surface area contributed by atoms with Crippen LogP contribution in [0.3, 0.4) is 0 Å². The highest BCUT2D eigenvalue weighted by atomic mass is 16.5. The number of hydrogen-bond acceptors (Lipinski definition) is 9. The smallest absolute Gasteiger partial charge is 0.273 e. The van der Waals surface area contributed by atoms with E-state index < -0.39 is 0 Å². The Morgan fingerprint density at radius 3 is 2.54 bits per heavy atom. The van der Waals surface area contributed by atoms with Crippen LogP contribution in [0.25, 0.3) is 22.3 Å². The van der Waals surface area contributed by atoms with Crippen molar-refractivity contribution in [1.29, 1.82) is 0 Å². The molecular weight excluding hydrogens is 494 g/mol. The van der Waals surface area contributed by atoms with E-state index >= 15 is 0 Å². The summed E-state index contributed by atoms with van der Waals surface area (Å²) in [5.74, 6) is 0.985. The lowest BCUT2D eigenvalue weighted by molar-refractivity contribution is 0.0959. The van der Waals surface area contributed by atoms with E-state index in [0.717, 1.165) is 54.3 Å². The third-order valence-corrected chi connectivity index (χ3v) is 6.47. The second-order valence-electron chi connectivity index (χ2n) is 8.91. The van der Waals surface area contributed by atoms with Gasteiger partial charge in [-0.2, -0.15) is 0 Å². The number of nitrogens with one attached hydrogen (secondary N) is 4. The fraction of sp³-hybridized carbons (Fsp3) is 0.179. The molecule has 0 unspecified atom stereocenters. The van der Waals surface area contributed by atoms with Gasteiger partial charge in [-0.1, -0.05) is 18.2 Å². The highest BCUT2D eigenvalue weighted by Crippen LogP contribution is 2.34. The van der Waals surface area contributed by atoms with Gasteiger partial charge >= 0.3 is 0 Å². The summed E-state index contributed by atoms with van der Waals surface area (Å²) in [5.41, 5.74) is 4.86. The van der Waals surface area contributed by atoms with Crippen LogP contribution in [0.1, 0.15) is 10.5 Å². The molecule has 1 saturated heterocycles. The molecule has 1 aliphatic heterocycles. The Morgan fingerprint density at radius 1 is 0.923 bits per heavy atom. The number of hydrogen-bond donors (Lipinski definition) is 4. The quantitative estimate of drug-likeness (QED) is 0.250. The van der Waals surface area contributed by atoms with E-state index in [4.69, 9.17) is 14.7 Å².